The molecule has 0 aromatic heterocycles. The third-order valence-electron chi connectivity index (χ3n) is 5.61. The van der Waals surface area contributed by atoms with Crippen LogP contribution in [-0.2, 0) is 16.0 Å². The van der Waals surface area contributed by atoms with Crippen molar-refractivity contribution in [3.05, 3.63) is 53.6 Å². The molecule has 3 N–H and O–H groups in total. The second-order valence-corrected chi connectivity index (χ2v) is 8.15. The molecule has 1 aliphatic heterocycles. The number of hydrogen-bond acceptors (Lipinski definition) is 5. The van der Waals surface area contributed by atoms with Gasteiger partial charge in [0.25, 0.3) is 5.91 Å². The Bertz CT molecular complexity index is 989. The molecular weight excluding hydrogens is 424 g/mol. The molecule has 0 spiro atoms. The number of aliphatic carboxylic acids is 2. The van der Waals surface area contributed by atoms with Gasteiger partial charge in [-0.1, -0.05) is 38.0 Å². The number of amides is 1. The number of nitrogens with one attached hydrogen (secondary N) is 1. The van der Waals surface area contributed by atoms with Crippen LogP contribution in [0.25, 0.3) is 0 Å². The first kappa shape index (κ1) is 24.1. The van der Waals surface area contributed by atoms with Crippen LogP contribution >= 0.6 is 0 Å². The lowest BCUT2D eigenvalue weighted by molar-refractivity contribution is -0.145. The average Bonchev–Trinajstić information content (AvgIpc) is 2.79. The molecule has 0 radical (unpaired) electrons. The Balaban J connectivity index is 1.76. The van der Waals surface area contributed by atoms with E-state index in [1.165, 1.54) is 12.0 Å². The molecule has 0 fully saturated rings. The number of aryl methyl sites for hydroxylation is 1. The molecule has 1 atom stereocenters. The van der Waals surface area contributed by atoms with E-state index in [4.69, 9.17) is 9.84 Å². The van der Waals surface area contributed by atoms with E-state index in [1.807, 2.05) is 12.1 Å². The first-order valence-electron chi connectivity index (χ1n) is 11.3. The molecule has 8 heteroatoms. The van der Waals surface area contributed by atoms with Crippen molar-refractivity contribution in [3.63, 3.8) is 0 Å². The quantitative estimate of drug-likeness (QED) is 0.436. The number of carbonyl (C=O) groups excluding carboxylic acids is 1. The van der Waals surface area contributed by atoms with Crippen molar-refractivity contribution in [2.24, 2.45) is 0 Å². The van der Waals surface area contributed by atoms with Crippen LogP contribution < -0.4 is 15.0 Å². The molecule has 3 rings (SSSR count). The number of anilines is 2. The maximum atomic E-state index is 12.9. The largest absolute Gasteiger partial charge is 0.481 e. The maximum absolute atomic E-state index is 12.9. The zero-order valence-corrected chi connectivity index (χ0v) is 18.8. The van der Waals surface area contributed by atoms with E-state index in [2.05, 4.69) is 12.2 Å². The van der Waals surface area contributed by atoms with Crippen molar-refractivity contribution in [1.29, 1.82) is 0 Å². The van der Waals surface area contributed by atoms with Gasteiger partial charge in [-0.15, -0.1) is 0 Å². The summed E-state index contributed by atoms with van der Waals surface area (Å²) in [7, 11) is 0. The number of hydrogen-bond donors (Lipinski definition) is 3. The second kappa shape index (κ2) is 11.4. The molecule has 0 saturated heterocycles. The minimum Gasteiger partial charge on any atom is -0.481 e. The highest BCUT2D eigenvalue weighted by molar-refractivity contribution is 6.05. The van der Waals surface area contributed by atoms with Crippen molar-refractivity contribution in [1.82, 2.24) is 0 Å². The Kier molecular flexibility index (Phi) is 8.29. The molecule has 8 nitrogen and oxygen atoms in total. The number of rotatable bonds is 11. The smallest absolute Gasteiger partial charge is 0.346 e. The minimum absolute atomic E-state index is 0.0186. The fourth-order valence-electron chi connectivity index (χ4n) is 3.83. The lowest BCUT2D eigenvalue weighted by atomic mass is 10.0. The van der Waals surface area contributed by atoms with Crippen molar-refractivity contribution < 1.29 is 29.3 Å². The molecular formula is C25H30N2O6. The number of carbonyl (C=O) groups is 3. The number of para-hydroxylation sites is 1. The van der Waals surface area contributed by atoms with Gasteiger partial charge in [0.15, 0.2) is 5.75 Å². The van der Waals surface area contributed by atoms with Gasteiger partial charge in [0, 0.05) is 18.5 Å². The number of carboxylic acids is 2. The summed E-state index contributed by atoms with van der Waals surface area (Å²) in [4.78, 5) is 37.2. The molecule has 2 aromatic rings. The predicted molar refractivity (Wildman–Crippen MR) is 125 cm³/mol. The van der Waals surface area contributed by atoms with Gasteiger partial charge >= 0.3 is 11.9 Å². The van der Waals surface area contributed by atoms with Crippen molar-refractivity contribution in [2.45, 2.75) is 51.6 Å². The molecule has 1 aliphatic rings. The Morgan fingerprint density at radius 3 is 2.48 bits per heavy atom. The van der Waals surface area contributed by atoms with E-state index < -0.39 is 18.0 Å². The SMILES string of the molecule is CCCCCc1ccc(C(=O)Nc2cccc3c2OC(C(=O)O)CN3CCCC(=O)O)cc1. The maximum Gasteiger partial charge on any atom is 0.346 e. The van der Waals surface area contributed by atoms with E-state index in [-0.39, 0.29) is 24.6 Å². The van der Waals surface area contributed by atoms with Gasteiger partial charge in [-0.25, -0.2) is 4.79 Å². The number of benzene rings is 2. The number of fused-ring (bicyclic) bond motifs is 1. The predicted octanol–water partition coefficient (Wildman–Crippen LogP) is 4.19. The van der Waals surface area contributed by atoms with Crippen LogP contribution in [0.2, 0.25) is 0 Å². The number of nitrogens with zero attached hydrogens (tertiary/aromatic N) is 1. The molecule has 1 heterocycles. The second-order valence-electron chi connectivity index (χ2n) is 8.15. The topological polar surface area (TPSA) is 116 Å². The van der Waals surface area contributed by atoms with Crippen LogP contribution in [-0.4, -0.2) is 47.3 Å². The van der Waals surface area contributed by atoms with Gasteiger partial charge in [0.1, 0.15) is 0 Å². The van der Waals surface area contributed by atoms with Crippen LogP contribution in [0.4, 0.5) is 11.4 Å². The zero-order chi connectivity index (χ0) is 23.8. The normalized spacial score (nSPS) is 14.8. The summed E-state index contributed by atoms with van der Waals surface area (Å²) in [6, 6.07) is 12.7. The summed E-state index contributed by atoms with van der Waals surface area (Å²) in [6.07, 6.45) is 3.64. The van der Waals surface area contributed by atoms with Gasteiger partial charge in [-0.05, 0) is 49.1 Å². The fraction of sp³-hybridized carbons (Fsp3) is 0.400. The van der Waals surface area contributed by atoms with E-state index in [1.54, 1.807) is 35.2 Å². The number of unbranched alkanes of at least 4 members (excludes halogenated alkanes) is 2. The summed E-state index contributed by atoms with van der Waals surface area (Å²) in [5.74, 6) is -2.07. The first-order chi connectivity index (χ1) is 15.9. The summed E-state index contributed by atoms with van der Waals surface area (Å²) in [5.41, 5.74) is 2.68. The summed E-state index contributed by atoms with van der Waals surface area (Å²) in [5, 5.41) is 21.3. The molecule has 33 heavy (non-hydrogen) atoms. The molecule has 1 unspecified atom stereocenters. The Morgan fingerprint density at radius 1 is 1.06 bits per heavy atom. The molecule has 0 aliphatic carbocycles. The van der Waals surface area contributed by atoms with Gasteiger partial charge in [-0.3, -0.25) is 9.59 Å². The van der Waals surface area contributed by atoms with Crippen LogP contribution in [0.3, 0.4) is 0 Å². The van der Waals surface area contributed by atoms with Gasteiger partial charge in [-0.2, -0.15) is 0 Å². The lowest BCUT2D eigenvalue weighted by Gasteiger charge is -2.35. The average molecular weight is 455 g/mol. The highest BCUT2D eigenvalue weighted by Gasteiger charge is 2.32. The van der Waals surface area contributed by atoms with Crippen LogP contribution in [0.5, 0.6) is 5.75 Å². The summed E-state index contributed by atoms with van der Waals surface area (Å²) >= 11 is 0. The minimum atomic E-state index is -1.12. The highest BCUT2D eigenvalue weighted by atomic mass is 16.5. The fourth-order valence-corrected chi connectivity index (χ4v) is 3.83. The monoisotopic (exact) mass is 454 g/mol. The Labute approximate surface area is 193 Å². The van der Waals surface area contributed by atoms with Crippen LogP contribution in [0, 0.1) is 0 Å². The zero-order valence-electron chi connectivity index (χ0n) is 18.8. The molecule has 0 saturated carbocycles. The van der Waals surface area contributed by atoms with Crippen molar-refractivity contribution in [2.75, 3.05) is 23.3 Å². The number of carboxylic acid groups (broad SMARTS) is 2. The van der Waals surface area contributed by atoms with Gasteiger partial charge in [0.05, 0.1) is 17.9 Å². The van der Waals surface area contributed by atoms with Gasteiger partial charge in [0.2, 0.25) is 6.10 Å². The number of ether oxygens (including phenoxy) is 1. The Morgan fingerprint density at radius 2 is 1.82 bits per heavy atom. The molecule has 1 amide bonds. The van der Waals surface area contributed by atoms with Crippen molar-refractivity contribution in [3.8, 4) is 5.75 Å². The lowest BCUT2D eigenvalue weighted by Crippen LogP contribution is -2.45. The molecule has 176 valence electrons. The third-order valence-corrected chi connectivity index (χ3v) is 5.61. The molecule has 0 bridgehead atoms. The van der Waals surface area contributed by atoms with Crippen molar-refractivity contribution >= 4 is 29.2 Å². The van der Waals surface area contributed by atoms with Crippen LogP contribution in [0.1, 0.15) is 54.9 Å². The molecule has 2 aromatic carbocycles. The highest BCUT2D eigenvalue weighted by Crippen LogP contribution is 2.40. The van der Waals surface area contributed by atoms with Crippen LogP contribution in [0.15, 0.2) is 42.5 Å². The van der Waals surface area contributed by atoms with E-state index in [0.717, 1.165) is 19.3 Å². The van der Waals surface area contributed by atoms with E-state index in [0.29, 0.717) is 29.9 Å². The van der Waals surface area contributed by atoms with E-state index in [9.17, 15) is 19.5 Å². The Hall–Kier alpha value is -3.55. The van der Waals surface area contributed by atoms with E-state index >= 15 is 0 Å². The standard InChI is InChI=1S/C25H30N2O6/c1-2-3-4-7-17-11-13-18(14-12-17)24(30)26-19-8-5-9-20-23(19)33-21(25(31)32)16-27(20)15-6-10-22(28)29/h5,8-9,11-14,21H,2-4,6-7,10,15-16H2,1H3,(H,26,30)(H,28,29)(H,31,32). The third kappa shape index (κ3) is 6.47. The first-order valence-corrected chi connectivity index (χ1v) is 11.3. The van der Waals surface area contributed by atoms with Gasteiger partial charge < -0.3 is 25.2 Å². The summed E-state index contributed by atoms with van der Waals surface area (Å²) in [6.45, 7) is 2.62. The summed E-state index contributed by atoms with van der Waals surface area (Å²) < 4.78 is 5.72.